The molecule has 2 aromatic rings. The zero-order valence-electron chi connectivity index (χ0n) is 10.7. The van der Waals surface area contributed by atoms with E-state index >= 15 is 0 Å². The first-order valence-electron chi connectivity index (χ1n) is 6.07. The first-order valence-corrected chi connectivity index (χ1v) is 6.86. The zero-order valence-corrected chi connectivity index (χ0v) is 12.3. The van der Waals surface area contributed by atoms with Crippen LogP contribution in [-0.4, -0.2) is 12.4 Å². The van der Waals surface area contributed by atoms with E-state index in [9.17, 15) is 4.79 Å². The van der Waals surface area contributed by atoms with Crippen LogP contribution in [0.2, 0.25) is 0 Å². The molecule has 2 rings (SSSR count). The second kappa shape index (κ2) is 6.64. The van der Waals surface area contributed by atoms with Crippen molar-refractivity contribution in [1.82, 2.24) is 0 Å². The highest BCUT2D eigenvalue weighted by Crippen LogP contribution is 2.11. The Kier molecular flexibility index (Phi) is 4.88. The number of carbonyl (C=O) groups is 1. The third-order valence-corrected chi connectivity index (χ3v) is 3.28. The third kappa shape index (κ3) is 4.30. The van der Waals surface area contributed by atoms with Gasteiger partial charge in [-0.3, -0.25) is 4.79 Å². The summed E-state index contributed by atoms with van der Waals surface area (Å²) < 4.78 is 6.49. The normalized spacial score (nSPS) is 10.4. The summed E-state index contributed by atoms with van der Waals surface area (Å²) in [6.07, 6.45) is 0. The van der Waals surface area contributed by atoms with Crippen molar-refractivity contribution in [1.29, 1.82) is 0 Å². The fraction of sp³-hybridized carbons (Fsp3) is 0.188. The van der Waals surface area contributed by atoms with Crippen molar-refractivity contribution in [3.05, 3.63) is 69.7 Å². The Balaban J connectivity index is 1.86. The smallest absolute Gasteiger partial charge is 0.188 e. The lowest BCUT2D eigenvalue weighted by molar-refractivity contribution is 0.0726. The summed E-state index contributed by atoms with van der Waals surface area (Å²) >= 11 is 3.38. The van der Waals surface area contributed by atoms with Crippen LogP contribution in [0.3, 0.4) is 0 Å². The summed E-state index contributed by atoms with van der Waals surface area (Å²) in [5, 5.41) is 0. The number of benzene rings is 2. The minimum Gasteiger partial charge on any atom is -0.369 e. The lowest BCUT2D eigenvalue weighted by Crippen LogP contribution is -2.09. The number of Topliss-reactive ketones (excluding diaryl/α,β-unsaturated/α-hetero) is 1. The van der Waals surface area contributed by atoms with Crippen LogP contribution in [0.5, 0.6) is 0 Å². The molecular formula is C16H15BrO2. The molecule has 0 aliphatic carbocycles. The van der Waals surface area contributed by atoms with Gasteiger partial charge in [-0.1, -0.05) is 51.8 Å². The molecule has 0 aliphatic heterocycles. The van der Waals surface area contributed by atoms with Gasteiger partial charge in [0.05, 0.1) is 6.61 Å². The summed E-state index contributed by atoms with van der Waals surface area (Å²) in [7, 11) is 0. The first kappa shape index (κ1) is 14.0. The van der Waals surface area contributed by atoms with E-state index in [2.05, 4.69) is 15.9 Å². The molecule has 0 heterocycles. The lowest BCUT2D eigenvalue weighted by atomic mass is 10.1. The average Bonchev–Trinajstić information content (AvgIpc) is 2.41. The molecule has 0 spiro atoms. The van der Waals surface area contributed by atoms with Gasteiger partial charge in [-0.05, 0) is 30.7 Å². The quantitative estimate of drug-likeness (QED) is 0.774. The van der Waals surface area contributed by atoms with Crippen LogP contribution in [0.1, 0.15) is 21.5 Å². The standard InChI is InChI=1S/C16H15BrO2/c1-12-3-2-4-14(9-12)16(18)11-19-10-13-5-7-15(17)8-6-13/h2-9H,10-11H2,1H3. The number of ether oxygens (including phenoxy) is 1. The molecule has 0 saturated heterocycles. The highest BCUT2D eigenvalue weighted by Gasteiger charge is 2.05. The zero-order chi connectivity index (χ0) is 13.7. The van der Waals surface area contributed by atoms with Gasteiger partial charge < -0.3 is 4.74 Å². The van der Waals surface area contributed by atoms with E-state index in [-0.39, 0.29) is 12.4 Å². The summed E-state index contributed by atoms with van der Waals surface area (Å²) in [6, 6.07) is 15.4. The molecule has 2 nitrogen and oxygen atoms in total. The largest absolute Gasteiger partial charge is 0.369 e. The number of rotatable bonds is 5. The van der Waals surface area contributed by atoms with E-state index in [1.54, 1.807) is 0 Å². The van der Waals surface area contributed by atoms with Crippen molar-refractivity contribution in [3.8, 4) is 0 Å². The molecule has 0 aliphatic rings. The molecule has 0 aromatic heterocycles. The molecule has 0 N–H and O–H groups in total. The Morgan fingerprint density at radius 2 is 1.89 bits per heavy atom. The summed E-state index contributed by atoms with van der Waals surface area (Å²) in [5.41, 5.74) is 2.84. The van der Waals surface area contributed by atoms with Crippen molar-refractivity contribution < 1.29 is 9.53 Å². The highest BCUT2D eigenvalue weighted by molar-refractivity contribution is 9.10. The van der Waals surface area contributed by atoms with Gasteiger partial charge in [0.1, 0.15) is 6.61 Å². The topological polar surface area (TPSA) is 26.3 Å². The Morgan fingerprint density at radius 3 is 2.58 bits per heavy atom. The fourth-order valence-electron chi connectivity index (χ4n) is 1.74. The molecule has 0 amide bonds. The number of aryl methyl sites for hydroxylation is 1. The molecule has 2 aromatic carbocycles. The average molecular weight is 319 g/mol. The molecule has 0 fully saturated rings. The maximum absolute atomic E-state index is 11.9. The molecule has 0 atom stereocenters. The number of hydrogen-bond donors (Lipinski definition) is 0. The second-order valence-electron chi connectivity index (χ2n) is 4.41. The summed E-state index contributed by atoms with van der Waals surface area (Å²) in [4.78, 5) is 11.9. The summed E-state index contributed by atoms with van der Waals surface area (Å²) in [5.74, 6) is 0.0146. The van der Waals surface area contributed by atoms with Crippen LogP contribution in [0.15, 0.2) is 53.0 Å². The highest BCUT2D eigenvalue weighted by atomic mass is 79.9. The Morgan fingerprint density at radius 1 is 1.16 bits per heavy atom. The minimum atomic E-state index is 0.0146. The Labute approximate surface area is 121 Å². The van der Waals surface area contributed by atoms with E-state index in [0.717, 1.165) is 15.6 Å². The third-order valence-electron chi connectivity index (χ3n) is 2.76. The van der Waals surface area contributed by atoms with E-state index in [0.29, 0.717) is 12.2 Å². The van der Waals surface area contributed by atoms with Crippen molar-refractivity contribution in [2.24, 2.45) is 0 Å². The molecule has 98 valence electrons. The maximum Gasteiger partial charge on any atom is 0.188 e. The first-order chi connectivity index (χ1) is 9.15. The van der Waals surface area contributed by atoms with Crippen LogP contribution in [-0.2, 0) is 11.3 Å². The minimum absolute atomic E-state index is 0.0146. The number of halogens is 1. The van der Waals surface area contributed by atoms with Crippen molar-refractivity contribution in [3.63, 3.8) is 0 Å². The van der Waals surface area contributed by atoms with Crippen molar-refractivity contribution in [2.45, 2.75) is 13.5 Å². The van der Waals surface area contributed by atoms with Crippen LogP contribution in [0.25, 0.3) is 0 Å². The Bertz CT molecular complexity index is 561. The van der Waals surface area contributed by atoms with E-state index in [4.69, 9.17) is 4.74 Å². The SMILES string of the molecule is Cc1cccc(C(=O)COCc2ccc(Br)cc2)c1. The fourth-order valence-corrected chi connectivity index (χ4v) is 2.01. The van der Waals surface area contributed by atoms with Crippen LogP contribution < -0.4 is 0 Å². The maximum atomic E-state index is 11.9. The van der Waals surface area contributed by atoms with Crippen LogP contribution in [0, 0.1) is 6.92 Å². The molecule has 0 unspecified atom stereocenters. The number of carbonyl (C=O) groups excluding carboxylic acids is 1. The van der Waals surface area contributed by atoms with Gasteiger partial charge in [0.15, 0.2) is 5.78 Å². The number of ketones is 1. The van der Waals surface area contributed by atoms with Gasteiger partial charge in [-0.25, -0.2) is 0 Å². The predicted octanol–water partition coefficient (Wildman–Crippen LogP) is 4.16. The molecule has 3 heteroatoms. The van der Waals surface area contributed by atoms with Gasteiger partial charge in [0.2, 0.25) is 0 Å². The number of hydrogen-bond acceptors (Lipinski definition) is 2. The van der Waals surface area contributed by atoms with Gasteiger partial charge in [0, 0.05) is 10.0 Å². The van der Waals surface area contributed by atoms with Crippen molar-refractivity contribution in [2.75, 3.05) is 6.61 Å². The van der Waals surface area contributed by atoms with E-state index in [1.165, 1.54) is 0 Å². The monoisotopic (exact) mass is 318 g/mol. The van der Waals surface area contributed by atoms with Crippen LogP contribution >= 0.6 is 15.9 Å². The second-order valence-corrected chi connectivity index (χ2v) is 5.33. The van der Waals surface area contributed by atoms with E-state index in [1.807, 2.05) is 55.5 Å². The van der Waals surface area contributed by atoms with Crippen LogP contribution in [0.4, 0.5) is 0 Å². The summed E-state index contributed by atoms with van der Waals surface area (Å²) in [6.45, 7) is 2.53. The van der Waals surface area contributed by atoms with Gasteiger partial charge in [-0.2, -0.15) is 0 Å². The Hall–Kier alpha value is -1.45. The predicted molar refractivity (Wildman–Crippen MR) is 79.3 cm³/mol. The van der Waals surface area contributed by atoms with Gasteiger partial charge >= 0.3 is 0 Å². The van der Waals surface area contributed by atoms with Crippen molar-refractivity contribution >= 4 is 21.7 Å². The molecule has 0 bridgehead atoms. The molecule has 0 saturated carbocycles. The lowest BCUT2D eigenvalue weighted by Gasteiger charge is -2.05. The van der Waals surface area contributed by atoms with Gasteiger partial charge in [0.25, 0.3) is 0 Å². The van der Waals surface area contributed by atoms with E-state index < -0.39 is 0 Å². The van der Waals surface area contributed by atoms with Gasteiger partial charge in [-0.15, -0.1) is 0 Å². The molecular weight excluding hydrogens is 304 g/mol. The molecule has 19 heavy (non-hydrogen) atoms. The molecule has 0 radical (unpaired) electrons.